The first-order valence-corrected chi connectivity index (χ1v) is 6.30. The van der Waals surface area contributed by atoms with E-state index in [2.05, 4.69) is 4.90 Å². The van der Waals surface area contributed by atoms with Gasteiger partial charge in [-0.3, -0.25) is 9.69 Å². The topological polar surface area (TPSA) is 60.8 Å². The molecule has 18 heavy (non-hydrogen) atoms. The summed E-state index contributed by atoms with van der Waals surface area (Å²) in [5.41, 5.74) is 0.250. The quantitative estimate of drug-likeness (QED) is 0.857. The predicted molar refractivity (Wildman–Crippen MR) is 68.4 cm³/mol. The molecule has 1 aliphatic rings. The molecule has 1 aliphatic heterocycles. The van der Waals surface area contributed by atoms with E-state index < -0.39 is 11.4 Å². The van der Waals surface area contributed by atoms with Crippen LogP contribution in [0.15, 0.2) is 24.3 Å². The van der Waals surface area contributed by atoms with Gasteiger partial charge in [0.25, 0.3) is 0 Å². The smallest absolute Gasteiger partial charge is 0.310 e. The molecular weight excluding hydrogens is 230 g/mol. The van der Waals surface area contributed by atoms with Gasteiger partial charge in [-0.25, -0.2) is 0 Å². The van der Waals surface area contributed by atoms with E-state index in [1.54, 1.807) is 12.1 Å². The first-order valence-electron chi connectivity index (χ1n) is 6.30. The van der Waals surface area contributed by atoms with Gasteiger partial charge in [0.15, 0.2) is 0 Å². The van der Waals surface area contributed by atoms with Crippen LogP contribution in [0.25, 0.3) is 0 Å². The van der Waals surface area contributed by atoms with Crippen LogP contribution in [-0.4, -0.2) is 34.2 Å². The summed E-state index contributed by atoms with van der Waals surface area (Å²) in [6.45, 7) is 3.88. The maximum atomic E-state index is 11.3. The molecule has 0 amide bonds. The van der Waals surface area contributed by atoms with Crippen LogP contribution in [0.4, 0.5) is 0 Å². The largest absolute Gasteiger partial charge is 0.508 e. The third-order valence-electron chi connectivity index (χ3n) is 3.95. The highest BCUT2D eigenvalue weighted by molar-refractivity contribution is 5.75. The highest BCUT2D eigenvalue weighted by Gasteiger charge is 2.43. The number of carbonyl (C=O) groups is 1. The van der Waals surface area contributed by atoms with Crippen LogP contribution in [0, 0.1) is 5.41 Å². The monoisotopic (exact) mass is 249 g/mol. The summed E-state index contributed by atoms with van der Waals surface area (Å²) < 4.78 is 0. The maximum absolute atomic E-state index is 11.3. The number of benzene rings is 1. The van der Waals surface area contributed by atoms with Crippen molar-refractivity contribution in [3.8, 4) is 5.75 Å². The van der Waals surface area contributed by atoms with Crippen molar-refractivity contribution in [2.24, 2.45) is 5.41 Å². The number of aromatic hydroxyl groups is 1. The van der Waals surface area contributed by atoms with E-state index in [9.17, 15) is 15.0 Å². The number of likely N-dealkylation sites (tertiary alicyclic amines) is 1. The molecule has 0 spiro atoms. The average molecular weight is 249 g/mol. The SMILES string of the molecule is CCC1(C(=O)O)CCN(Cc2ccccc2O)C1. The van der Waals surface area contributed by atoms with Crippen LogP contribution in [0.2, 0.25) is 0 Å². The molecule has 4 nitrogen and oxygen atoms in total. The fourth-order valence-corrected chi connectivity index (χ4v) is 2.59. The van der Waals surface area contributed by atoms with Gasteiger partial charge in [0.2, 0.25) is 0 Å². The summed E-state index contributed by atoms with van der Waals surface area (Å²) in [6.07, 6.45) is 1.34. The number of aliphatic carboxylic acids is 1. The third-order valence-corrected chi connectivity index (χ3v) is 3.95. The molecule has 98 valence electrons. The van der Waals surface area contributed by atoms with Gasteiger partial charge in [-0.05, 0) is 25.5 Å². The Hall–Kier alpha value is -1.55. The van der Waals surface area contributed by atoms with Crippen molar-refractivity contribution in [1.82, 2.24) is 4.90 Å². The molecule has 2 rings (SSSR count). The lowest BCUT2D eigenvalue weighted by Crippen LogP contribution is -2.33. The van der Waals surface area contributed by atoms with Crippen LogP contribution in [0.3, 0.4) is 0 Å². The van der Waals surface area contributed by atoms with Gasteiger partial charge in [-0.15, -0.1) is 0 Å². The molecule has 1 heterocycles. The lowest BCUT2D eigenvalue weighted by molar-refractivity contribution is -0.148. The van der Waals surface area contributed by atoms with Crippen LogP contribution in [0.1, 0.15) is 25.3 Å². The van der Waals surface area contributed by atoms with E-state index >= 15 is 0 Å². The predicted octanol–water partition coefficient (Wildman–Crippen LogP) is 2.08. The van der Waals surface area contributed by atoms with Crippen molar-refractivity contribution in [2.45, 2.75) is 26.3 Å². The molecule has 0 aliphatic carbocycles. The van der Waals surface area contributed by atoms with Crippen molar-refractivity contribution >= 4 is 5.97 Å². The lowest BCUT2D eigenvalue weighted by atomic mass is 9.84. The average Bonchev–Trinajstić information content (AvgIpc) is 2.77. The number of para-hydroxylation sites is 1. The Morgan fingerprint density at radius 3 is 2.72 bits per heavy atom. The molecule has 0 aromatic heterocycles. The van der Waals surface area contributed by atoms with Crippen LogP contribution >= 0.6 is 0 Å². The van der Waals surface area contributed by atoms with E-state index in [-0.39, 0.29) is 5.75 Å². The zero-order chi connectivity index (χ0) is 13.2. The molecule has 1 aromatic carbocycles. The molecule has 1 fully saturated rings. The summed E-state index contributed by atoms with van der Waals surface area (Å²) in [4.78, 5) is 13.4. The van der Waals surface area contributed by atoms with Gasteiger partial charge >= 0.3 is 5.97 Å². The number of hydrogen-bond acceptors (Lipinski definition) is 3. The Balaban J connectivity index is 2.06. The number of phenolic OH excluding ortho intramolecular Hbond substituents is 1. The van der Waals surface area contributed by atoms with E-state index in [1.807, 2.05) is 19.1 Å². The second kappa shape index (κ2) is 4.98. The second-order valence-electron chi connectivity index (χ2n) is 5.03. The zero-order valence-corrected chi connectivity index (χ0v) is 10.6. The molecule has 2 N–H and O–H groups in total. The molecule has 0 saturated carbocycles. The number of rotatable bonds is 4. The second-order valence-corrected chi connectivity index (χ2v) is 5.03. The van der Waals surface area contributed by atoms with Crippen molar-refractivity contribution in [1.29, 1.82) is 0 Å². The minimum atomic E-state index is -0.704. The molecule has 1 atom stereocenters. The Kier molecular flexibility index (Phi) is 3.57. The van der Waals surface area contributed by atoms with Crippen LogP contribution < -0.4 is 0 Å². The van der Waals surface area contributed by atoms with Crippen molar-refractivity contribution in [3.63, 3.8) is 0 Å². The number of nitrogens with zero attached hydrogens (tertiary/aromatic N) is 1. The number of carboxylic acids is 1. The van der Waals surface area contributed by atoms with E-state index in [0.29, 0.717) is 25.9 Å². The first-order chi connectivity index (χ1) is 8.57. The fourth-order valence-electron chi connectivity index (χ4n) is 2.59. The summed E-state index contributed by atoms with van der Waals surface area (Å²) >= 11 is 0. The van der Waals surface area contributed by atoms with Crippen LogP contribution in [0.5, 0.6) is 5.75 Å². The van der Waals surface area contributed by atoms with Gasteiger partial charge in [0.1, 0.15) is 5.75 Å². The van der Waals surface area contributed by atoms with Crippen molar-refractivity contribution in [3.05, 3.63) is 29.8 Å². The summed E-state index contributed by atoms with van der Waals surface area (Å²) in [5.74, 6) is -0.424. The molecule has 1 unspecified atom stereocenters. The van der Waals surface area contributed by atoms with Crippen molar-refractivity contribution in [2.75, 3.05) is 13.1 Å². The Labute approximate surface area is 107 Å². The zero-order valence-electron chi connectivity index (χ0n) is 10.6. The Bertz CT molecular complexity index is 446. The van der Waals surface area contributed by atoms with Crippen LogP contribution in [-0.2, 0) is 11.3 Å². The molecule has 0 bridgehead atoms. The molecule has 1 aromatic rings. The minimum absolute atomic E-state index is 0.279. The highest BCUT2D eigenvalue weighted by atomic mass is 16.4. The van der Waals surface area contributed by atoms with Crippen molar-refractivity contribution < 1.29 is 15.0 Å². The van der Waals surface area contributed by atoms with Gasteiger partial charge in [0, 0.05) is 18.7 Å². The number of hydrogen-bond donors (Lipinski definition) is 2. The highest BCUT2D eigenvalue weighted by Crippen LogP contribution is 2.35. The number of carboxylic acid groups (broad SMARTS) is 1. The first kappa shape index (κ1) is 12.9. The lowest BCUT2D eigenvalue weighted by Gasteiger charge is -2.23. The number of phenols is 1. The Morgan fingerprint density at radius 1 is 1.44 bits per heavy atom. The summed E-state index contributed by atoms with van der Waals surface area (Å²) in [5, 5.41) is 19.1. The van der Waals surface area contributed by atoms with E-state index in [1.165, 1.54) is 0 Å². The molecular formula is C14H19NO3. The van der Waals surface area contributed by atoms with Gasteiger partial charge in [-0.1, -0.05) is 25.1 Å². The fraction of sp³-hybridized carbons (Fsp3) is 0.500. The molecule has 1 saturated heterocycles. The van der Waals surface area contributed by atoms with Gasteiger partial charge in [0.05, 0.1) is 5.41 Å². The summed E-state index contributed by atoms with van der Waals surface area (Å²) in [7, 11) is 0. The standard InChI is InChI=1S/C14H19NO3/c1-2-14(13(17)18)7-8-15(10-14)9-11-5-3-4-6-12(11)16/h3-6,16H,2,7-10H2,1H3,(H,17,18). The van der Waals surface area contributed by atoms with E-state index in [0.717, 1.165) is 12.1 Å². The Morgan fingerprint density at radius 2 is 2.17 bits per heavy atom. The maximum Gasteiger partial charge on any atom is 0.310 e. The molecule has 4 heteroatoms. The third kappa shape index (κ3) is 2.34. The van der Waals surface area contributed by atoms with E-state index in [4.69, 9.17) is 0 Å². The summed E-state index contributed by atoms with van der Waals surface area (Å²) in [6, 6.07) is 7.21. The molecule has 0 radical (unpaired) electrons. The van der Waals surface area contributed by atoms with Gasteiger partial charge in [-0.2, -0.15) is 0 Å². The minimum Gasteiger partial charge on any atom is -0.508 e. The van der Waals surface area contributed by atoms with Gasteiger partial charge < -0.3 is 10.2 Å². The normalized spacial score (nSPS) is 24.3.